The van der Waals surface area contributed by atoms with Gasteiger partial charge in [-0.15, -0.1) is 0 Å². The normalized spacial score (nSPS) is 17.8. The summed E-state index contributed by atoms with van der Waals surface area (Å²) < 4.78 is 1.07. The Kier molecular flexibility index (Phi) is 3.54. The number of aromatic nitrogens is 3. The first-order valence-corrected chi connectivity index (χ1v) is 8.38. The molecule has 0 fully saturated rings. The van der Waals surface area contributed by atoms with Crippen LogP contribution in [0.4, 0.5) is 0 Å². The zero-order valence-electron chi connectivity index (χ0n) is 14.2. The van der Waals surface area contributed by atoms with E-state index < -0.39 is 17.3 Å². The average molecular weight is 340 g/mol. The molecule has 0 spiro atoms. The SMILES string of the molecule is CCN1CCc2c([nH]c3ccccc23)[C@H]1c1c(O)n(C)c(=O)[nH]c1=O. The van der Waals surface area contributed by atoms with Gasteiger partial charge in [-0.3, -0.25) is 19.2 Å². The molecule has 3 heterocycles. The lowest BCUT2D eigenvalue weighted by molar-refractivity contribution is 0.215. The van der Waals surface area contributed by atoms with Crippen molar-refractivity contribution in [2.24, 2.45) is 7.05 Å². The highest BCUT2D eigenvalue weighted by Crippen LogP contribution is 2.39. The van der Waals surface area contributed by atoms with Crippen molar-refractivity contribution in [1.82, 2.24) is 19.4 Å². The summed E-state index contributed by atoms with van der Waals surface area (Å²) in [6.45, 7) is 3.52. The fourth-order valence-corrected chi connectivity index (χ4v) is 3.83. The molecule has 7 nitrogen and oxygen atoms in total. The van der Waals surface area contributed by atoms with Gasteiger partial charge in [0.1, 0.15) is 5.56 Å². The van der Waals surface area contributed by atoms with Crippen molar-refractivity contribution in [3.8, 4) is 5.88 Å². The van der Waals surface area contributed by atoms with Crippen molar-refractivity contribution in [3.63, 3.8) is 0 Å². The van der Waals surface area contributed by atoms with Gasteiger partial charge < -0.3 is 10.1 Å². The van der Waals surface area contributed by atoms with Gasteiger partial charge in [0, 0.05) is 30.2 Å². The molecule has 0 aliphatic carbocycles. The maximum absolute atomic E-state index is 12.5. The van der Waals surface area contributed by atoms with E-state index in [0.717, 1.165) is 46.2 Å². The Hall–Kier alpha value is -2.80. The average Bonchev–Trinajstić information content (AvgIpc) is 2.99. The van der Waals surface area contributed by atoms with Crippen molar-refractivity contribution < 1.29 is 5.11 Å². The minimum atomic E-state index is -0.623. The predicted molar refractivity (Wildman–Crippen MR) is 95.1 cm³/mol. The van der Waals surface area contributed by atoms with Gasteiger partial charge in [0.2, 0.25) is 5.88 Å². The van der Waals surface area contributed by atoms with Crippen molar-refractivity contribution in [2.45, 2.75) is 19.4 Å². The number of hydrogen-bond acceptors (Lipinski definition) is 4. The first-order chi connectivity index (χ1) is 12.0. The van der Waals surface area contributed by atoms with Crippen molar-refractivity contribution in [1.29, 1.82) is 0 Å². The molecule has 0 unspecified atom stereocenters. The van der Waals surface area contributed by atoms with Gasteiger partial charge in [-0.05, 0) is 24.6 Å². The summed E-state index contributed by atoms with van der Waals surface area (Å²) in [6, 6.07) is 7.61. The summed E-state index contributed by atoms with van der Waals surface area (Å²) in [5, 5.41) is 11.7. The van der Waals surface area contributed by atoms with Gasteiger partial charge in [-0.1, -0.05) is 25.1 Å². The highest BCUT2D eigenvalue weighted by atomic mass is 16.3. The van der Waals surface area contributed by atoms with E-state index in [1.165, 1.54) is 7.05 Å². The van der Waals surface area contributed by atoms with Crippen LogP contribution in [0.2, 0.25) is 0 Å². The topological polar surface area (TPSA) is 94.1 Å². The number of hydrogen-bond donors (Lipinski definition) is 3. The van der Waals surface area contributed by atoms with Crippen LogP contribution in [0.5, 0.6) is 5.88 Å². The molecule has 0 bridgehead atoms. The zero-order valence-corrected chi connectivity index (χ0v) is 14.2. The number of H-pyrrole nitrogens is 2. The number of aromatic hydroxyl groups is 1. The summed E-state index contributed by atoms with van der Waals surface area (Å²) in [7, 11) is 1.45. The quantitative estimate of drug-likeness (QED) is 0.654. The van der Waals surface area contributed by atoms with Crippen LogP contribution in [-0.4, -0.2) is 37.6 Å². The number of aromatic amines is 2. The molecule has 0 saturated carbocycles. The summed E-state index contributed by atoms with van der Waals surface area (Å²) in [4.78, 5) is 32.2. The van der Waals surface area contributed by atoms with Gasteiger partial charge in [0.15, 0.2) is 0 Å². The smallest absolute Gasteiger partial charge is 0.330 e. The summed E-state index contributed by atoms with van der Waals surface area (Å²) in [5.74, 6) is -0.288. The number of nitrogens with one attached hydrogen (secondary N) is 2. The van der Waals surface area contributed by atoms with Crippen LogP contribution in [-0.2, 0) is 13.5 Å². The molecule has 7 heteroatoms. The Bertz CT molecular complexity index is 1080. The molecule has 1 aliphatic rings. The first kappa shape index (κ1) is 15.7. The predicted octanol–water partition coefficient (Wildman–Crippen LogP) is 1.23. The second kappa shape index (κ2) is 5.63. The van der Waals surface area contributed by atoms with E-state index in [2.05, 4.69) is 20.9 Å². The lowest BCUT2D eigenvalue weighted by Gasteiger charge is -2.35. The molecule has 25 heavy (non-hydrogen) atoms. The van der Waals surface area contributed by atoms with Crippen LogP contribution in [0, 0.1) is 0 Å². The second-order valence-electron chi connectivity index (χ2n) is 6.40. The number of fused-ring (bicyclic) bond motifs is 3. The molecule has 2 aromatic heterocycles. The minimum absolute atomic E-state index is 0.205. The monoisotopic (exact) mass is 340 g/mol. The van der Waals surface area contributed by atoms with Gasteiger partial charge in [-0.25, -0.2) is 4.79 Å². The van der Waals surface area contributed by atoms with E-state index in [-0.39, 0.29) is 11.4 Å². The van der Waals surface area contributed by atoms with Gasteiger partial charge >= 0.3 is 5.69 Å². The van der Waals surface area contributed by atoms with Gasteiger partial charge in [0.05, 0.1) is 6.04 Å². The lowest BCUT2D eigenvalue weighted by atomic mass is 9.93. The van der Waals surface area contributed by atoms with E-state index in [9.17, 15) is 14.7 Å². The van der Waals surface area contributed by atoms with Crippen LogP contribution >= 0.6 is 0 Å². The van der Waals surface area contributed by atoms with E-state index in [0.29, 0.717) is 0 Å². The largest absolute Gasteiger partial charge is 0.494 e. The van der Waals surface area contributed by atoms with Crippen LogP contribution in [0.3, 0.4) is 0 Å². The Morgan fingerprint density at radius 3 is 2.76 bits per heavy atom. The van der Waals surface area contributed by atoms with Crippen LogP contribution in [0.25, 0.3) is 10.9 Å². The Morgan fingerprint density at radius 2 is 2.00 bits per heavy atom. The Labute approximate surface area is 143 Å². The second-order valence-corrected chi connectivity index (χ2v) is 6.40. The van der Waals surface area contributed by atoms with E-state index in [1.807, 2.05) is 25.1 Å². The van der Waals surface area contributed by atoms with Crippen molar-refractivity contribution >= 4 is 10.9 Å². The molecule has 3 N–H and O–H groups in total. The number of likely N-dealkylation sites (N-methyl/N-ethyl adjacent to an activating group) is 1. The molecule has 3 aromatic rings. The highest BCUT2D eigenvalue weighted by Gasteiger charge is 2.35. The zero-order chi connectivity index (χ0) is 17.7. The summed E-state index contributed by atoms with van der Waals surface area (Å²) in [6.07, 6.45) is 0.869. The molecular weight excluding hydrogens is 320 g/mol. The molecule has 4 rings (SSSR count). The highest BCUT2D eigenvalue weighted by molar-refractivity contribution is 5.85. The third-order valence-corrected chi connectivity index (χ3v) is 5.14. The van der Waals surface area contributed by atoms with E-state index in [1.54, 1.807) is 0 Å². The number of para-hydroxylation sites is 1. The third-order valence-electron chi connectivity index (χ3n) is 5.14. The van der Waals surface area contributed by atoms with E-state index >= 15 is 0 Å². The number of rotatable bonds is 2. The molecule has 0 amide bonds. The van der Waals surface area contributed by atoms with Crippen LogP contribution < -0.4 is 11.2 Å². The number of benzene rings is 1. The molecule has 130 valence electrons. The third kappa shape index (κ3) is 2.23. The molecule has 1 atom stereocenters. The van der Waals surface area contributed by atoms with Crippen LogP contribution in [0.1, 0.15) is 29.8 Å². The Morgan fingerprint density at radius 1 is 1.24 bits per heavy atom. The maximum atomic E-state index is 12.5. The van der Waals surface area contributed by atoms with Crippen molar-refractivity contribution in [3.05, 3.63) is 61.9 Å². The molecular formula is C18H20N4O3. The summed E-state index contributed by atoms with van der Waals surface area (Å²) in [5.41, 5.74) is 2.12. The molecule has 1 aromatic carbocycles. The summed E-state index contributed by atoms with van der Waals surface area (Å²) >= 11 is 0. The van der Waals surface area contributed by atoms with E-state index in [4.69, 9.17) is 0 Å². The van der Waals surface area contributed by atoms with Crippen LogP contribution in [0.15, 0.2) is 33.9 Å². The lowest BCUT2D eigenvalue weighted by Crippen LogP contribution is -2.41. The fourth-order valence-electron chi connectivity index (χ4n) is 3.83. The Balaban J connectivity index is 2.03. The maximum Gasteiger partial charge on any atom is 0.330 e. The minimum Gasteiger partial charge on any atom is -0.494 e. The molecule has 0 radical (unpaired) electrons. The standard InChI is InChI=1S/C18H20N4O3/c1-3-22-9-8-11-10-6-4-5-7-12(10)19-14(11)15(22)13-16(23)20-18(25)21(2)17(13)24/h4-7,15,19,24H,3,8-9H2,1-2H3,(H,20,23,25)/t15-/m1/s1. The first-order valence-electron chi connectivity index (χ1n) is 8.38. The fraction of sp³-hybridized carbons (Fsp3) is 0.333. The van der Waals surface area contributed by atoms with Crippen molar-refractivity contribution in [2.75, 3.05) is 13.1 Å². The molecule has 0 saturated heterocycles. The molecule has 1 aliphatic heterocycles. The number of nitrogens with zero attached hydrogens (tertiary/aromatic N) is 2. The van der Waals surface area contributed by atoms with Gasteiger partial charge in [-0.2, -0.15) is 0 Å². The van der Waals surface area contributed by atoms with Gasteiger partial charge in [0.25, 0.3) is 5.56 Å².